The number of nitrogens with zero attached hydrogens (tertiary/aromatic N) is 2. The summed E-state index contributed by atoms with van der Waals surface area (Å²) >= 11 is 0. The number of rotatable bonds is 6. The summed E-state index contributed by atoms with van der Waals surface area (Å²) in [5.74, 6) is -1.31. The molecule has 0 spiro atoms. The molecule has 0 radical (unpaired) electrons. The van der Waals surface area contributed by atoms with Gasteiger partial charge in [0.2, 0.25) is 0 Å². The van der Waals surface area contributed by atoms with Crippen molar-refractivity contribution in [2.75, 3.05) is 45.0 Å². The lowest BCUT2D eigenvalue weighted by molar-refractivity contribution is -0.136. The van der Waals surface area contributed by atoms with Gasteiger partial charge in [0, 0.05) is 32.0 Å². The first-order valence-corrected chi connectivity index (χ1v) is 9.29. The van der Waals surface area contributed by atoms with Gasteiger partial charge in [0.25, 0.3) is 0 Å². The van der Waals surface area contributed by atoms with Gasteiger partial charge in [-0.3, -0.25) is 9.59 Å². The molecule has 2 amide bonds. The third-order valence-corrected chi connectivity index (χ3v) is 4.84. The molecule has 0 aliphatic rings. The van der Waals surface area contributed by atoms with Crippen LogP contribution >= 0.6 is 0 Å². The zero-order valence-corrected chi connectivity index (χ0v) is 17.5. The molecule has 28 heavy (non-hydrogen) atoms. The van der Waals surface area contributed by atoms with Crippen molar-refractivity contribution in [1.82, 2.24) is 10.2 Å². The van der Waals surface area contributed by atoms with E-state index in [1.54, 1.807) is 6.07 Å². The highest BCUT2D eigenvalue weighted by Gasteiger charge is 2.19. The Morgan fingerprint density at radius 3 is 2.07 bits per heavy atom. The highest BCUT2D eigenvalue weighted by molar-refractivity contribution is 6.39. The van der Waals surface area contributed by atoms with E-state index in [1.165, 1.54) is 0 Å². The zero-order chi connectivity index (χ0) is 20.8. The molecule has 2 aromatic carbocycles. The van der Waals surface area contributed by atoms with Crippen LogP contribution in [0.1, 0.15) is 22.7 Å². The number of nitrogens with one attached hydrogen (secondary N) is 2. The van der Waals surface area contributed by atoms with Gasteiger partial charge in [0.15, 0.2) is 0 Å². The molecule has 0 saturated carbocycles. The van der Waals surface area contributed by atoms with E-state index in [0.29, 0.717) is 12.2 Å². The van der Waals surface area contributed by atoms with Gasteiger partial charge >= 0.3 is 11.8 Å². The normalized spacial score (nSPS) is 11.8. The number of anilines is 2. The molecule has 0 aliphatic heterocycles. The highest BCUT2D eigenvalue weighted by Crippen LogP contribution is 2.21. The van der Waals surface area contributed by atoms with E-state index in [0.717, 1.165) is 22.4 Å². The first-order valence-electron chi connectivity index (χ1n) is 9.29. The van der Waals surface area contributed by atoms with Crippen LogP contribution in [0.25, 0.3) is 0 Å². The average molecular weight is 383 g/mol. The van der Waals surface area contributed by atoms with Crippen LogP contribution in [0.15, 0.2) is 42.5 Å². The lowest BCUT2D eigenvalue weighted by Crippen LogP contribution is -2.40. The van der Waals surface area contributed by atoms with Crippen LogP contribution in [0.2, 0.25) is 0 Å². The maximum Gasteiger partial charge on any atom is 0.313 e. The van der Waals surface area contributed by atoms with E-state index < -0.39 is 11.8 Å². The van der Waals surface area contributed by atoms with E-state index in [1.807, 2.05) is 88.2 Å². The Labute approximate surface area is 167 Å². The Hall–Kier alpha value is -2.86. The van der Waals surface area contributed by atoms with Crippen molar-refractivity contribution in [2.24, 2.45) is 0 Å². The molecule has 2 aromatic rings. The van der Waals surface area contributed by atoms with Gasteiger partial charge in [-0.15, -0.1) is 0 Å². The third kappa shape index (κ3) is 5.57. The molecule has 0 fully saturated rings. The summed E-state index contributed by atoms with van der Waals surface area (Å²) in [5.41, 5.74) is 5.00. The summed E-state index contributed by atoms with van der Waals surface area (Å²) in [6, 6.07) is 13.7. The first-order chi connectivity index (χ1) is 13.2. The van der Waals surface area contributed by atoms with Crippen molar-refractivity contribution < 1.29 is 9.59 Å². The fourth-order valence-electron chi connectivity index (χ4n) is 2.87. The van der Waals surface area contributed by atoms with Crippen LogP contribution in [0.5, 0.6) is 0 Å². The lowest BCUT2D eigenvalue weighted by Gasteiger charge is -2.25. The number of carbonyl (C=O) groups is 2. The second-order valence-corrected chi connectivity index (χ2v) is 7.43. The largest absolute Gasteiger partial charge is 0.378 e. The molecule has 2 N–H and O–H groups in total. The Balaban J connectivity index is 1.99. The van der Waals surface area contributed by atoms with Crippen molar-refractivity contribution in [3.8, 4) is 0 Å². The van der Waals surface area contributed by atoms with Crippen molar-refractivity contribution in [3.63, 3.8) is 0 Å². The molecule has 6 nitrogen and oxygen atoms in total. The minimum absolute atomic E-state index is 0.0328. The van der Waals surface area contributed by atoms with Crippen LogP contribution in [0, 0.1) is 13.8 Å². The summed E-state index contributed by atoms with van der Waals surface area (Å²) in [7, 11) is 7.89. The molecule has 0 saturated heterocycles. The predicted octanol–water partition coefficient (Wildman–Crippen LogP) is 2.73. The quantitative estimate of drug-likeness (QED) is 0.754. The summed E-state index contributed by atoms with van der Waals surface area (Å²) < 4.78 is 0. The smallest absolute Gasteiger partial charge is 0.313 e. The molecule has 0 aliphatic carbocycles. The van der Waals surface area contributed by atoms with Gasteiger partial charge in [-0.25, -0.2) is 0 Å². The average Bonchev–Trinajstić information content (AvgIpc) is 2.64. The molecular weight excluding hydrogens is 352 g/mol. The monoisotopic (exact) mass is 382 g/mol. The van der Waals surface area contributed by atoms with E-state index in [-0.39, 0.29) is 6.04 Å². The first kappa shape index (κ1) is 21.4. The van der Waals surface area contributed by atoms with E-state index in [9.17, 15) is 9.59 Å². The van der Waals surface area contributed by atoms with Crippen molar-refractivity contribution >= 4 is 23.2 Å². The molecule has 0 aromatic heterocycles. The number of hydrogen-bond donors (Lipinski definition) is 2. The van der Waals surface area contributed by atoms with Crippen LogP contribution in [0.3, 0.4) is 0 Å². The minimum Gasteiger partial charge on any atom is -0.378 e. The van der Waals surface area contributed by atoms with Crippen LogP contribution < -0.4 is 15.5 Å². The molecule has 2 rings (SSSR count). The van der Waals surface area contributed by atoms with Gasteiger partial charge in [0.05, 0.1) is 6.04 Å². The van der Waals surface area contributed by atoms with Gasteiger partial charge in [-0.05, 0) is 68.9 Å². The van der Waals surface area contributed by atoms with Gasteiger partial charge in [-0.1, -0.05) is 18.2 Å². The second kappa shape index (κ2) is 9.37. The van der Waals surface area contributed by atoms with E-state index in [4.69, 9.17) is 0 Å². The highest BCUT2D eigenvalue weighted by atomic mass is 16.2. The Morgan fingerprint density at radius 1 is 0.893 bits per heavy atom. The van der Waals surface area contributed by atoms with E-state index in [2.05, 4.69) is 10.6 Å². The van der Waals surface area contributed by atoms with Crippen molar-refractivity contribution in [1.29, 1.82) is 0 Å². The number of aryl methyl sites for hydroxylation is 2. The van der Waals surface area contributed by atoms with Gasteiger partial charge in [-0.2, -0.15) is 0 Å². The number of carbonyl (C=O) groups excluding carboxylic acids is 2. The SMILES string of the molecule is Cc1ccc(NC(=O)C(=O)NC[C@H](c2ccc(N(C)C)cc2)N(C)C)cc1C. The summed E-state index contributed by atoms with van der Waals surface area (Å²) in [6.45, 7) is 4.31. The minimum atomic E-state index is -0.663. The fourth-order valence-corrected chi connectivity index (χ4v) is 2.87. The second-order valence-electron chi connectivity index (χ2n) is 7.43. The Kier molecular flexibility index (Phi) is 7.18. The maximum atomic E-state index is 12.3. The fraction of sp³-hybridized carbons (Fsp3) is 0.364. The van der Waals surface area contributed by atoms with Crippen molar-refractivity contribution in [3.05, 3.63) is 59.2 Å². The standard InChI is InChI=1S/C22H30N4O2/c1-15-7-10-18(13-16(15)2)24-22(28)21(27)23-14-20(26(5)6)17-8-11-19(12-9-17)25(3)4/h7-13,20H,14H2,1-6H3,(H,23,27)(H,24,28)/t20-/m1/s1. The molecule has 0 unspecified atom stereocenters. The zero-order valence-electron chi connectivity index (χ0n) is 17.5. The van der Waals surface area contributed by atoms with Crippen LogP contribution in [-0.4, -0.2) is 51.4 Å². The van der Waals surface area contributed by atoms with Gasteiger partial charge in [0.1, 0.15) is 0 Å². The molecule has 150 valence electrons. The molecule has 1 atom stereocenters. The van der Waals surface area contributed by atoms with Crippen LogP contribution in [0.4, 0.5) is 11.4 Å². The maximum absolute atomic E-state index is 12.3. The summed E-state index contributed by atoms with van der Waals surface area (Å²) in [5, 5.41) is 5.40. The predicted molar refractivity (Wildman–Crippen MR) is 115 cm³/mol. The number of amides is 2. The lowest BCUT2D eigenvalue weighted by atomic mass is 10.1. The summed E-state index contributed by atoms with van der Waals surface area (Å²) in [6.07, 6.45) is 0. The van der Waals surface area contributed by atoms with Crippen molar-refractivity contribution in [2.45, 2.75) is 19.9 Å². The molecule has 0 bridgehead atoms. The number of hydrogen-bond acceptors (Lipinski definition) is 4. The topological polar surface area (TPSA) is 64.7 Å². The van der Waals surface area contributed by atoms with Gasteiger partial charge < -0.3 is 20.4 Å². The summed E-state index contributed by atoms with van der Waals surface area (Å²) in [4.78, 5) is 28.5. The third-order valence-electron chi connectivity index (χ3n) is 4.84. The molecule has 6 heteroatoms. The Morgan fingerprint density at radius 2 is 1.54 bits per heavy atom. The number of likely N-dealkylation sites (N-methyl/N-ethyl adjacent to an activating group) is 1. The number of benzene rings is 2. The molecule has 0 heterocycles. The Bertz CT molecular complexity index is 829. The van der Waals surface area contributed by atoms with Crippen LogP contribution in [-0.2, 0) is 9.59 Å². The molecular formula is C22H30N4O2. The van der Waals surface area contributed by atoms with E-state index >= 15 is 0 Å².